The third kappa shape index (κ3) is 4.56. The van der Waals surface area contributed by atoms with Crippen molar-refractivity contribution in [2.45, 2.75) is 27.7 Å². The second-order valence-corrected chi connectivity index (χ2v) is 16.0. The van der Waals surface area contributed by atoms with Gasteiger partial charge < -0.3 is 11.5 Å². The molecular formula is C54H40N2. The summed E-state index contributed by atoms with van der Waals surface area (Å²) in [6, 6.07) is 53.9. The zero-order chi connectivity index (χ0) is 38.0. The highest BCUT2D eigenvalue weighted by Crippen LogP contribution is 2.58. The van der Waals surface area contributed by atoms with Crippen molar-refractivity contribution in [1.82, 2.24) is 0 Å². The smallest absolute Gasteiger partial charge is 0.0486 e. The average Bonchev–Trinajstić information content (AvgIpc) is 3.71. The van der Waals surface area contributed by atoms with Crippen molar-refractivity contribution in [3.63, 3.8) is 0 Å². The maximum Gasteiger partial charge on any atom is 0.0486 e. The van der Waals surface area contributed by atoms with Gasteiger partial charge in [-0.05, 0) is 128 Å². The van der Waals surface area contributed by atoms with Crippen LogP contribution in [0.4, 0.5) is 11.4 Å². The Morgan fingerprint density at radius 1 is 0.321 bits per heavy atom. The van der Waals surface area contributed by atoms with E-state index < -0.39 is 0 Å². The van der Waals surface area contributed by atoms with Crippen LogP contribution in [0.1, 0.15) is 22.3 Å². The average molecular weight is 717 g/mol. The number of hydrogen-bond acceptors (Lipinski definition) is 2. The molecule has 0 unspecified atom stereocenters. The minimum atomic E-state index is 0.779. The van der Waals surface area contributed by atoms with Crippen molar-refractivity contribution in [3.05, 3.63) is 168 Å². The summed E-state index contributed by atoms with van der Waals surface area (Å²) in [4.78, 5) is 0. The van der Waals surface area contributed by atoms with Crippen LogP contribution in [-0.2, 0) is 0 Å². The highest BCUT2D eigenvalue weighted by atomic mass is 14.6. The Balaban J connectivity index is 1.51. The summed E-state index contributed by atoms with van der Waals surface area (Å²) < 4.78 is 0. The number of fused-ring (bicyclic) bond motifs is 7. The maximum absolute atomic E-state index is 7.78. The van der Waals surface area contributed by atoms with Crippen molar-refractivity contribution in [2.75, 3.05) is 11.5 Å². The van der Waals surface area contributed by atoms with Gasteiger partial charge in [0.1, 0.15) is 0 Å². The van der Waals surface area contributed by atoms with E-state index in [0.717, 1.165) is 39.2 Å². The molecule has 0 heterocycles. The van der Waals surface area contributed by atoms with E-state index in [1.807, 2.05) is 0 Å². The number of nitrogens with two attached hydrogens (primary N) is 2. The molecule has 4 N–H and O–H groups in total. The van der Waals surface area contributed by atoms with Crippen LogP contribution in [-0.4, -0.2) is 0 Å². The third-order valence-electron chi connectivity index (χ3n) is 12.3. The van der Waals surface area contributed by atoms with Crippen LogP contribution in [0.5, 0.6) is 0 Å². The number of anilines is 2. The summed E-state index contributed by atoms with van der Waals surface area (Å²) in [6.07, 6.45) is 0. The molecule has 2 heteroatoms. The molecule has 0 amide bonds. The van der Waals surface area contributed by atoms with Gasteiger partial charge in [0.2, 0.25) is 0 Å². The van der Waals surface area contributed by atoms with Gasteiger partial charge in [-0.2, -0.15) is 0 Å². The van der Waals surface area contributed by atoms with Gasteiger partial charge in [-0.3, -0.25) is 0 Å². The van der Waals surface area contributed by atoms with E-state index in [1.165, 1.54) is 104 Å². The number of nitrogen functional groups attached to an aromatic ring is 2. The van der Waals surface area contributed by atoms with Gasteiger partial charge in [-0.1, -0.05) is 150 Å². The van der Waals surface area contributed by atoms with E-state index in [4.69, 9.17) is 11.5 Å². The van der Waals surface area contributed by atoms with E-state index in [0.29, 0.717) is 0 Å². The number of hydrogen-bond donors (Lipinski definition) is 2. The summed E-state index contributed by atoms with van der Waals surface area (Å²) in [5, 5.41) is 14.8. The van der Waals surface area contributed by atoms with Crippen LogP contribution in [0.3, 0.4) is 0 Å². The minimum Gasteiger partial charge on any atom is -0.399 e. The van der Waals surface area contributed by atoms with Gasteiger partial charge in [0.25, 0.3) is 0 Å². The van der Waals surface area contributed by atoms with Gasteiger partial charge in [-0.25, -0.2) is 0 Å². The zero-order valence-corrected chi connectivity index (χ0v) is 32.0. The first-order valence-corrected chi connectivity index (χ1v) is 19.5. The zero-order valence-electron chi connectivity index (χ0n) is 32.0. The van der Waals surface area contributed by atoms with Gasteiger partial charge in [0, 0.05) is 38.8 Å². The Labute approximate surface area is 326 Å². The topological polar surface area (TPSA) is 52.0 Å². The van der Waals surface area contributed by atoms with Crippen LogP contribution in [0, 0.1) is 27.7 Å². The molecule has 2 nitrogen and oxygen atoms in total. The van der Waals surface area contributed by atoms with Crippen molar-refractivity contribution in [1.29, 1.82) is 0 Å². The largest absolute Gasteiger partial charge is 0.399 e. The lowest BCUT2D eigenvalue weighted by Gasteiger charge is -2.21. The van der Waals surface area contributed by atoms with Crippen LogP contribution < -0.4 is 11.5 Å². The van der Waals surface area contributed by atoms with Crippen molar-refractivity contribution in [3.8, 4) is 44.5 Å². The normalized spacial score (nSPS) is 12.1. The molecule has 11 rings (SSSR count). The first-order chi connectivity index (χ1) is 27.2. The predicted molar refractivity (Wildman–Crippen MR) is 243 cm³/mol. The van der Waals surface area contributed by atoms with Gasteiger partial charge in [0.15, 0.2) is 0 Å². The predicted octanol–water partition coefficient (Wildman–Crippen LogP) is 14.5. The van der Waals surface area contributed by atoms with Crippen molar-refractivity contribution < 1.29 is 0 Å². The van der Waals surface area contributed by atoms with E-state index in [-0.39, 0.29) is 0 Å². The van der Waals surface area contributed by atoms with Gasteiger partial charge >= 0.3 is 0 Å². The molecule has 0 aromatic heterocycles. The SMILES string of the molecule is Cc1ccc(-c2c(N)c(-c3ccc(C)cc3)c3c4c(-c5ccc(C)cc5)ccc5cc6c7cc(N)cc8cccc(c87)c6c(c3c2-c2ccc(C)cc2)c54)cc1. The second-order valence-electron chi connectivity index (χ2n) is 16.0. The molecule has 0 atom stereocenters. The van der Waals surface area contributed by atoms with E-state index in [9.17, 15) is 0 Å². The number of aryl methyl sites for hydroxylation is 4. The molecule has 0 aliphatic rings. The highest BCUT2D eigenvalue weighted by molar-refractivity contribution is 6.49. The molecule has 11 aromatic carbocycles. The molecule has 0 fully saturated rings. The Kier molecular flexibility index (Phi) is 6.85. The monoisotopic (exact) mass is 716 g/mol. The highest BCUT2D eigenvalue weighted by Gasteiger charge is 2.30. The first kappa shape index (κ1) is 32.5. The molecular weight excluding hydrogens is 677 g/mol. The van der Waals surface area contributed by atoms with Crippen LogP contribution in [0.2, 0.25) is 0 Å². The van der Waals surface area contributed by atoms with Crippen LogP contribution in [0.25, 0.3) is 109 Å². The Hall–Kier alpha value is -6.90. The molecule has 11 aromatic rings. The molecule has 0 aliphatic carbocycles. The van der Waals surface area contributed by atoms with Crippen molar-refractivity contribution in [2.24, 2.45) is 0 Å². The second kappa shape index (κ2) is 11.8. The molecule has 0 spiro atoms. The summed E-state index contributed by atoms with van der Waals surface area (Å²) in [6.45, 7) is 8.61. The standard InChI is InChI=1S/C54H40N2/c1-29-8-16-33(17-9-29)40-25-24-38-27-42-43-28-39(55)26-37-6-5-7-41(44(37)43)49(42)51-46(38)50(40)53-48(36-22-14-32(4)15-23-36)54(56)47(35-20-12-31(3)13-21-35)45(52(51)53)34-18-10-30(2)11-19-34/h5-28H,55-56H2,1-4H3. The summed E-state index contributed by atoms with van der Waals surface area (Å²) in [5.41, 5.74) is 30.0. The summed E-state index contributed by atoms with van der Waals surface area (Å²) in [5.74, 6) is 0. The third-order valence-corrected chi connectivity index (χ3v) is 12.3. The maximum atomic E-state index is 7.78. The lowest BCUT2D eigenvalue weighted by molar-refractivity contribution is 1.46. The fourth-order valence-electron chi connectivity index (χ4n) is 9.66. The molecule has 56 heavy (non-hydrogen) atoms. The molecule has 0 saturated heterocycles. The van der Waals surface area contributed by atoms with E-state index >= 15 is 0 Å². The Bertz CT molecular complexity index is 3350. The minimum absolute atomic E-state index is 0.779. The fraction of sp³-hybridized carbons (Fsp3) is 0.0741. The quantitative estimate of drug-likeness (QED) is 0.178. The number of benzene rings is 9. The van der Waals surface area contributed by atoms with Crippen molar-refractivity contribution >= 4 is 76.0 Å². The molecule has 0 radical (unpaired) electrons. The van der Waals surface area contributed by atoms with E-state index in [1.54, 1.807) is 0 Å². The summed E-state index contributed by atoms with van der Waals surface area (Å²) >= 11 is 0. The van der Waals surface area contributed by atoms with Gasteiger partial charge in [0.05, 0.1) is 0 Å². The van der Waals surface area contributed by atoms with Crippen LogP contribution >= 0.6 is 0 Å². The number of rotatable bonds is 4. The van der Waals surface area contributed by atoms with E-state index in [2.05, 4.69) is 173 Å². The van der Waals surface area contributed by atoms with Gasteiger partial charge in [-0.15, -0.1) is 0 Å². The molecule has 0 aliphatic heterocycles. The molecule has 0 bridgehead atoms. The molecule has 0 saturated carbocycles. The lowest BCUT2D eigenvalue weighted by atomic mass is 9.83. The molecule has 266 valence electrons. The fourth-order valence-corrected chi connectivity index (χ4v) is 9.66. The first-order valence-electron chi connectivity index (χ1n) is 19.5. The lowest BCUT2D eigenvalue weighted by Crippen LogP contribution is -1.99. The summed E-state index contributed by atoms with van der Waals surface area (Å²) in [7, 11) is 0. The van der Waals surface area contributed by atoms with Crippen LogP contribution in [0.15, 0.2) is 146 Å². The Morgan fingerprint density at radius 3 is 1.43 bits per heavy atom. The Morgan fingerprint density at radius 2 is 0.821 bits per heavy atom.